The molecule has 0 unspecified atom stereocenters. The quantitative estimate of drug-likeness (QED) is 0.315. The first-order valence-corrected chi connectivity index (χ1v) is 12.1. The molecule has 0 aliphatic carbocycles. The number of aromatic nitrogens is 4. The standard InChI is InChI=1S/C20H19N5O4S2/c21-31(27,28)12-6-11-30-20-23-22-18(29-20)17-15-9-4-5-10-16(15)19(26)25(24-17)13-14-7-2-1-3-8-14/h1-5,7-10H,6,11-13H2,(H2,21,27,28). The van der Waals surface area contributed by atoms with Crippen molar-refractivity contribution in [2.75, 3.05) is 11.5 Å². The first-order chi connectivity index (χ1) is 14.9. The smallest absolute Gasteiger partial charge is 0.276 e. The fourth-order valence-corrected chi connectivity index (χ4v) is 4.47. The lowest BCUT2D eigenvalue weighted by molar-refractivity contribution is 0.462. The van der Waals surface area contributed by atoms with E-state index in [1.165, 1.54) is 16.4 Å². The normalized spacial score (nSPS) is 11.8. The van der Waals surface area contributed by atoms with E-state index in [4.69, 9.17) is 9.56 Å². The molecule has 2 heterocycles. The van der Waals surface area contributed by atoms with Gasteiger partial charge in [-0.1, -0.05) is 60.3 Å². The first kappa shape index (κ1) is 21.2. The van der Waals surface area contributed by atoms with Gasteiger partial charge in [-0.3, -0.25) is 4.79 Å². The van der Waals surface area contributed by atoms with Crippen molar-refractivity contribution in [2.24, 2.45) is 5.14 Å². The highest BCUT2D eigenvalue weighted by molar-refractivity contribution is 7.99. The Balaban J connectivity index is 1.65. The van der Waals surface area contributed by atoms with Crippen LogP contribution in [0.1, 0.15) is 12.0 Å². The van der Waals surface area contributed by atoms with E-state index in [1.807, 2.05) is 36.4 Å². The monoisotopic (exact) mass is 457 g/mol. The SMILES string of the molecule is NS(=O)(=O)CCCSc1nnc(-c2nn(Cc3ccccc3)c(=O)c3ccccc23)o1. The van der Waals surface area contributed by atoms with E-state index in [0.717, 1.165) is 5.56 Å². The Hall–Kier alpha value is -3.02. The van der Waals surface area contributed by atoms with E-state index in [9.17, 15) is 13.2 Å². The molecule has 2 N–H and O–H groups in total. The predicted octanol–water partition coefficient (Wildman–Crippen LogP) is 2.27. The van der Waals surface area contributed by atoms with Crippen molar-refractivity contribution in [3.8, 4) is 11.6 Å². The second-order valence-corrected chi connectivity index (χ2v) is 9.56. The summed E-state index contributed by atoms with van der Waals surface area (Å²) in [5, 5.41) is 19.0. The lowest BCUT2D eigenvalue weighted by atomic mass is 10.1. The van der Waals surface area contributed by atoms with Gasteiger partial charge in [-0.05, 0) is 18.1 Å². The Morgan fingerprint density at radius 1 is 1.00 bits per heavy atom. The van der Waals surface area contributed by atoms with Gasteiger partial charge in [0.1, 0.15) is 0 Å². The van der Waals surface area contributed by atoms with Crippen molar-refractivity contribution in [1.29, 1.82) is 0 Å². The van der Waals surface area contributed by atoms with E-state index in [0.29, 0.717) is 35.2 Å². The highest BCUT2D eigenvalue weighted by atomic mass is 32.2. The average Bonchev–Trinajstić information content (AvgIpc) is 3.22. The van der Waals surface area contributed by atoms with Gasteiger partial charge in [0.2, 0.25) is 10.0 Å². The van der Waals surface area contributed by atoms with Gasteiger partial charge in [0.25, 0.3) is 16.7 Å². The molecule has 0 fully saturated rings. The van der Waals surface area contributed by atoms with Crippen molar-refractivity contribution in [3.05, 3.63) is 70.5 Å². The third kappa shape index (κ3) is 5.19. The first-order valence-electron chi connectivity index (χ1n) is 9.42. The second-order valence-electron chi connectivity index (χ2n) is 6.78. The molecular formula is C20H19N5O4S2. The Labute approximate surface area is 182 Å². The van der Waals surface area contributed by atoms with Crippen molar-refractivity contribution in [2.45, 2.75) is 18.2 Å². The molecule has 160 valence electrons. The molecule has 0 bridgehead atoms. The number of hydrogen-bond donors (Lipinski definition) is 1. The Kier molecular flexibility index (Phi) is 6.16. The number of benzene rings is 2. The summed E-state index contributed by atoms with van der Waals surface area (Å²) < 4.78 is 29.2. The van der Waals surface area contributed by atoms with Crippen LogP contribution in [0, 0.1) is 0 Å². The largest absolute Gasteiger partial charge is 0.410 e. The Bertz CT molecular complexity index is 1370. The Morgan fingerprint density at radius 2 is 1.71 bits per heavy atom. The van der Waals surface area contributed by atoms with Crippen LogP contribution in [-0.4, -0.2) is 39.9 Å². The number of nitrogens with zero attached hydrogens (tertiary/aromatic N) is 4. The van der Waals surface area contributed by atoms with Gasteiger partial charge < -0.3 is 4.42 Å². The van der Waals surface area contributed by atoms with Crippen LogP contribution in [0.25, 0.3) is 22.4 Å². The Morgan fingerprint density at radius 3 is 2.45 bits per heavy atom. The van der Waals surface area contributed by atoms with Gasteiger partial charge in [0.05, 0.1) is 17.7 Å². The molecular weight excluding hydrogens is 438 g/mol. The number of sulfonamides is 1. The van der Waals surface area contributed by atoms with Crippen LogP contribution in [-0.2, 0) is 16.6 Å². The molecule has 9 nitrogen and oxygen atoms in total. The molecule has 0 aliphatic heterocycles. The molecule has 0 radical (unpaired) electrons. The summed E-state index contributed by atoms with van der Waals surface area (Å²) in [6.07, 6.45) is 0.365. The van der Waals surface area contributed by atoms with Gasteiger partial charge in [0.15, 0.2) is 5.69 Å². The fourth-order valence-electron chi connectivity index (χ4n) is 3.04. The minimum absolute atomic E-state index is 0.113. The number of thioether (sulfide) groups is 1. The van der Waals surface area contributed by atoms with Crippen LogP contribution < -0.4 is 10.7 Å². The van der Waals surface area contributed by atoms with Crippen LogP contribution in [0.5, 0.6) is 0 Å². The summed E-state index contributed by atoms with van der Waals surface area (Å²) >= 11 is 1.24. The molecule has 4 aromatic rings. The minimum atomic E-state index is -3.50. The summed E-state index contributed by atoms with van der Waals surface area (Å²) in [6.45, 7) is 0.306. The number of nitrogens with two attached hydrogens (primary N) is 1. The third-order valence-corrected chi connectivity index (χ3v) is 6.21. The molecule has 0 amide bonds. The molecule has 2 aromatic heterocycles. The van der Waals surface area contributed by atoms with Gasteiger partial charge in [-0.25, -0.2) is 18.2 Å². The maximum atomic E-state index is 12.9. The lowest BCUT2D eigenvalue weighted by Gasteiger charge is -2.09. The number of fused-ring (bicyclic) bond motifs is 1. The van der Waals surface area contributed by atoms with Crippen LogP contribution >= 0.6 is 11.8 Å². The minimum Gasteiger partial charge on any atom is -0.410 e. The van der Waals surface area contributed by atoms with Crippen molar-refractivity contribution >= 4 is 32.6 Å². The molecule has 0 saturated carbocycles. The summed E-state index contributed by atoms with van der Waals surface area (Å²) in [5.41, 5.74) is 1.14. The van der Waals surface area contributed by atoms with Gasteiger partial charge in [-0.2, -0.15) is 5.10 Å². The fraction of sp³-hybridized carbons (Fsp3) is 0.200. The third-order valence-electron chi connectivity index (χ3n) is 4.45. The predicted molar refractivity (Wildman–Crippen MR) is 118 cm³/mol. The summed E-state index contributed by atoms with van der Waals surface area (Å²) in [6, 6.07) is 16.7. The summed E-state index contributed by atoms with van der Waals surface area (Å²) in [5.74, 6) is 0.532. The number of rotatable bonds is 8. The summed E-state index contributed by atoms with van der Waals surface area (Å²) in [4.78, 5) is 12.9. The maximum absolute atomic E-state index is 12.9. The number of hydrogen-bond acceptors (Lipinski definition) is 8. The topological polar surface area (TPSA) is 134 Å². The van der Waals surface area contributed by atoms with Crippen molar-refractivity contribution in [3.63, 3.8) is 0 Å². The summed E-state index contributed by atoms with van der Waals surface area (Å²) in [7, 11) is -3.50. The van der Waals surface area contributed by atoms with E-state index in [-0.39, 0.29) is 22.4 Å². The molecule has 31 heavy (non-hydrogen) atoms. The van der Waals surface area contributed by atoms with Crippen molar-refractivity contribution in [1.82, 2.24) is 20.0 Å². The number of primary sulfonamides is 1. The second kappa shape index (κ2) is 9.00. The molecule has 4 rings (SSSR count). The molecule has 0 atom stereocenters. The van der Waals surface area contributed by atoms with E-state index in [1.54, 1.807) is 18.2 Å². The highest BCUT2D eigenvalue weighted by Crippen LogP contribution is 2.27. The maximum Gasteiger partial charge on any atom is 0.276 e. The zero-order chi connectivity index (χ0) is 21.8. The molecule has 0 spiro atoms. The molecule has 2 aromatic carbocycles. The molecule has 0 aliphatic rings. The van der Waals surface area contributed by atoms with Crippen LogP contribution in [0.15, 0.2) is 69.0 Å². The van der Waals surface area contributed by atoms with Gasteiger partial charge in [-0.15, -0.1) is 10.2 Å². The van der Waals surface area contributed by atoms with Gasteiger partial charge in [0, 0.05) is 11.1 Å². The lowest BCUT2D eigenvalue weighted by Crippen LogP contribution is -2.24. The highest BCUT2D eigenvalue weighted by Gasteiger charge is 2.18. The van der Waals surface area contributed by atoms with Crippen LogP contribution in [0.4, 0.5) is 0 Å². The van der Waals surface area contributed by atoms with Gasteiger partial charge >= 0.3 is 0 Å². The van der Waals surface area contributed by atoms with E-state index in [2.05, 4.69) is 15.3 Å². The van der Waals surface area contributed by atoms with Crippen molar-refractivity contribution < 1.29 is 12.8 Å². The molecule has 0 saturated heterocycles. The van der Waals surface area contributed by atoms with Crippen LogP contribution in [0.2, 0.25) is 0 Å². The molecule has 11 heteroatoms. The zero-order valence-electron chi connectivity index (χ0n) is 16.3. The zero-order valence-corrected chi connectivity index (χ0v) is 18.0. The van der Waals surface area contributed by atoms with Crippen LogP contribution in [0.3, 0.4) is 0 Å². The van der Waals surface area contributed by atoms with E-state index < -0.39 is 10.0 Å². The van der Waals surface area contributed by atoms with E-state index >= 15 is 0 Å². The average molecular weight is 458 g/mol.